The zero-order valence-corrected chi connectivity index (χ0v) is 20.9. The summed E-state index contributed by atoms with van der Waals surface area (Å²) >= 11 is 0. The third-order valence-corrected chi connectivity index (χ3v) is 8.39. The van der Waals surface area contributed by atoms with Crippen molar-refractivity contribution in [1.29, 1.82) is 0 Å². The Morgan fingerprint density at radius 3 is 2.03 bits per heavy atom. The van der Waals surface area contributed by atoms with Crippen molar-refractivity contribution < 1.29 is 13.9 Å². The number of ether oxygens (including phenoxy) is 1. The van der Waals surface area contributed by atoms with Gasteiger partial charge in [0, 0.05) is 18.2 Å². The molecule has 2 bridgehead atoms. The lowest BCUT2D eigenvalue weighted by Gasteiger charge is -2.44. The summed E-state index contributed by atoms with van der Waals surface area (Å²) in [6, 6.07) is 26.2. The molecule has 36 heavy (non-hydrogen) atoms. The van der Waals surface area contributed by atoms with Crippen LogP contribution >= 0.6 is 0 Å². The summed E-state index contributed by atoms with van der Waals surface area (Å²) in [6.45, 7) is 2.04. The zero-order chi connectivity index (χ0) is 24.6. The zero-order valence-electron chi connectivity index (χ0n) is 20.9. The SMILES string of the molecule is CC(=O)c1cc(C2CC2)c(OCC2CC3CCC(C2)N3C(c2ccccc2)c2ccccc2)cc1F. The van der Waals surface area contributed by atoms with E-state index in [1.807, 2.05) is 0 Å². The van der Waals surface area contributed by atoms with Crippen LogP contribution in [0.5, 0.6) is 5.75 Å². The number of ketones is 1. The monoisotopic (exact) mass is 483 g/mol. The van der Waals surface area contributed by atoms with Crippen molar-refractivity contribution in [2.75, 3.05) is 6.61 Å². The fraction of sp³-hybridized carbons (Fsp3) is 0.406. The normalized spacial score (nSPS) is 23.7. The molecule has 2 aliphatic heterocycles. The van der Waals surface area contributed by atoms with Crippen molar-refractivity contribution in [3.63, 3.8) is 0 Å². The summed E-state index contributed by atoms with van der Waals surface area (Å²) in [5.74, 6) is 0.797. The minimum absolute atomic E-state index is 0.184. The van der Waals surface area contributed by atoms with Crippen LogP contribution in [0.1, 0.15) is 84.5 Å². The Bertz CT molecular complexity index is 1170. The molecule has 0 amide bonds. The van der Waals surface area contributed by atoms with E-state index in [1.54, 1.807) is 6.07 Å². The van der Waals surface area contributed by atoms with E-state index in [0.29, 0.717) is 36.3 Å². The number of fused-ring (bicyclic) bond motifs is 2. The number of halogens is 1. The van der Waals surface area contributed by atoms with Crippen molar-refractivity contribution in [2.24, 2.45) is 5.92 Å². The van der Waals surface area contributed by atoms with Crippen molar-refractivity contribution in [3.05, 3.63) is 101 Å². The van der Waals surface area contributed by atoms with E-state index in [0.717, 1.165) is 31.2 Å². The molecule has 2 unspecified atom stereocenters. The predicted octanol–water partition coefficient (Wildman–Crippen LogP) is 7.32. The largest absolute Gasteiger partial charge is 0.493 e. The molecule has 186 valence electrons. The van der Waals surface area contributed by atoms with Gasteiger partial charge in [-0.15, -0.1) is 0 Å². The van der Waals surface area contributed by atoms with E-state index in [-0.39, 0.29) is 17.4 Å². The van der Waals surface area contributed by atoms with Crippen LogP contribution in [0.4, 0.5) is 4.39 Å². The molecular formula is C32H34FNO2. The summed E-state index contributed by atoms with van der Waals surface area (Å²) in [7, 11) is 0. The summed E-state index contributed by atoms with van der Waals surface area (Å²) in [5.41, 5.74) is 3.90. The smallest absolute Gasteiger partial charge is 0.162 e. The van der Waals surface area contributed by atoms with Gasteiger partial charge in [0.1, 0.15) is 11.6 Å². The van der Waals surface area contributed by atoms with E-state index in [4.69, 9.17) is 4.74 Å². The highest BCUT2D eigenvalue weighted by Crippen LogP contribution is 2.47. The molecular weight excluding hydrogens is 449 g/mol. The first kappa shape index (κ1) is 23.4. The number of hydrogen-bond donors (Lipinski definition) is 0. The standard InChI is InChI=1S/C32H34FNO2/c1-21(35)28-18-29(23-12-13-23)31(19-30(28)33)36-20-22-16-26-14-15-27(17-22)34(26)32(24-8-4-2-5-9-24)25-10-6-3-7-11-25/h2-11,18-19,22-23,26-27,32H,12-17,20H2,1H3. The molecule has 3 aromatic carbocycles. The number of Topliss-reactive ketones (excluding diaryl/α,β-unsaturated/α-hetero) is 1. The quantitative estimate of drug-likeness (QED) is 0.315. The van der Waals surface area contributed by atoms with Crippen molar-refractivity contribution in [1.82, 2.24) is 4.90 Å². The molecule has 0 radical (unpaired) electrons. The Kier molecular flexibility index (Phi) is 6.39. The number of benzene rings is 3. The fourth-order valence-electron chi connectivity index (χ4n) is 6.58. The van der Waals surface area contributed by atoms with Gasteiger partial charge in [0.15, 0.2) is 5.78 Å². The van der Waals surface area contributed by atoms with Crippen molar-refractivity contribution in [2.45, 2.75) is 69.5 Å². The van der Waals surface area contributed by atoms with Gasteiger partial charge in [-0.2, -0.15) is 0 Å². The molecule has 2 heterocycles. The molecule has 3 aliphatic rings. The van der Waals surface area contributed by atoms with Crippen LogP contribution in [0.2, 0.25) is 0 Å². The summed E-state index contributed by atoms with van der Waals surface area (Å²) in [4.78, 5) is 14.6. The number of carbonyl (C=O) groups excluding carboxylic acids is 1. The van der Waals surface area contributed by atoms with E-state index >= 15 is 0 Å². The van der Waals surface area contributed by atoms with Crippen LogP contribution in [-0.2, 0) is 0 Å². The van der Waals surface area contributed by atoms with E-state index in [9.17, 15) is 9.18 Å². The highest BCUT2D eigenvalue weighted by atomic mass is 19.1. The average molecular weight is 484 g/mol. The number of rotatable bonds is 8. The third kappa shape index (κ3) is 4.59. The van der Waals surface area contributed by atoms with Crippen LogP contribution in [0.15, 0.2) is 72.8 Å². The Balaban J connectivity index is 1.20. The van der Waals surface area contributed by atoms with Crippen LogP contribution in [-0.4, -0.2) is 29.4 Å². The molecule has 3 fully saturated rings. The van der Waals surface area contributed by atoms with Crippen molar-refractivity contribution >= 4 is 5.78 Å². The maximum absolute atomic E-state index is 14.6. The summed E-state index contributed by atoms with van der Waals surface area (Å²) < 4.78 is 20.9. The van der Waals surface area contributed by atoms with E-state index in [1.165, 1.54) is 37.0 Å². The lowest BCUT2D eigenvalue weighted by atomic mass is 9.87. The van der Waals surface area contributed by atoms with Crippen LogP contribution in [0.3, 0.4) is 0 Å². The minimum Gasteiger partial charge on any atom is -0.493 e. The first-order valence-electron chi connectivity index (χ1n) is 13.4. The maximum Gasteiger partial charge on any atom is 0.162 e. The van der Waals surface area contributed by atoms with Gasteiger partial charge in [0.2, 0.25) is 0 Å². The average Bonchev–Trinajstić information content (AvgIpc) is 3.70. The first-order valence-corrected chi connectivity index (χ1v) is 13.4. The topological polar surface area (TPSA) is 29.5 Å². The lowest BCUT2D eigenvalue weighted by Crippen LogP contribution is -2.46. The van der Waals surface area contributed by atoms with Crippen LogP contribution < -0.4 is 4.74 Å². The second-order valence-corrected chi connectivity index (χ2v) is 10.9. The molecule has 3 nitrogen and oxygen atoms in total. The minimum atomic E-state index is -0.467. The Labute approximate surface area is 213 Å². The number of hydrogen-bond acceptors (Lipinski definition) is 3. The van der Waals surface area contributed by atoms with Gasteiger partial charge in [-0.05, 0) is 80.0 Å². The molecule has 0 N–H and O–H groups in total. The van der Waals surface area contributed by atoms with Gasteiger partial charge in [-0.25, -0.2) is 4.39 Å². The van der Waals surface area contributed by atoms with Crippen LogP contribution in [0, 0.1) is 11.7 Å². The molecule has 6 rings (SSSR count). The van der Waals surface area contributed by atoms with E-state index < -0.39 is 5.82 Å². The summed E-state index contributed by atoms with van der Waals surface area (Å²) in [5, 5.41) is 0. The van der Waals surface area contributed by atoms with Gasteiger partial charge in [0.25, 0.3) is 0 Å². The second kappa shape index (κ2) is 9.82. The number of piperidine rings is 1. The van der Waals surface area contributed by atoms with Gasteiger partial charge >= 0.3 is 0 Å². The molecule has 0 spiro atoms. The molecule has 4 heteroatoms. The molecule has 1 aliphatic carbocycles. The molecule has 3 aromatic rings. The molecule has 2 saturated heterocycles. The van der Waals surface area contributed by atoms with Gasteiger partial charge in [-0.1, -0.05) is 60.7 Å². The summed E-state index contributed by atoms with van der Waals surface area (Å²) in [6.07, 6.45) is 6.79. The van der Waals surface area contributed by atoms with Crippen molar-refractivity contribution in [3.8, 4) is 5.75 Å². The van der Waals surface area contributed by atoms with Gasteiger partial charge < -0.3 is 4.74 Å². The Morgan fingerprint density at radius 2 is 1.50 bits per heavy atom. The Morgan fingerprint density at radius 1 is 0.917 bits per heavy atom. The predicted molar refractivity (Wildman–Crippen MR) is 140 cm³/mol. The van der Waals surface area contributed by atoms with Gasteiger partial charge in [-0.3, -0.25) is 9.69 Å². The molecule has 0 aromatic heterocycles. The molecule has 1 saturated carbocycles. The highest BCUT2D eigenvalue weighted by Gasteiger charge is 2.45. The van der Waals surface area contributed by atoms with Gasteiger partial charge in [0.05, 0.1) is 18.2 Å². The first-order chi connectivity index (χ1) is 17.6. The van der Waals surface area contributed by atoms with E-state index in [2.05, 4.69) is 65.6 Å². The number of nitrogens with zero attached hydrogens (tertiary/aromatic N) is 1. The second-order valence-electron chi connectivity index (χ2n) is 10.9. The Hall–Kier alpha value is -2.98. The maximum atomic E-state index is 14.6. The van der Waals surface area contributed by atoms with Crippen LogP contribution in [0.25, 0.3) is 0 Å². The molecule has 2 atom stereocenters. The fourth-order valence-corrected chi connectivity index (χ4v) is 6.58. The highest BCUT2D eigenvalue weighted by molar-refractivity contribution is 5.94. The third-order valence-electron chi connectivity index (χ3n) is 8.39. The lowest BCUT2D eigenvalue weighted by molar-refractivity contribution is 0.0560. The number of carbonyl (C=O) groups is 1.